The molecule has 2 fully saturated rings. The molecule has 3 aromatic rings. The van der Waals surface area contributed by atoms with Gasteiger partial charge in [-0.15, -0.1) is 0 Å². The second kappa shape index (κ2) is 12.2. The summed E-state index contributed by atoms with van der Waals surface area (Å²) in [5, 5.41) is 5.06. The Hall–Kier alpha value is -3.38. The van der Waals surface area contributed by atoms with Crippen LogP contribution in [-0.4, -0.2) is 53.5 Å². The molecule has 2 aliphatic heterocycles. The number of allylic oxidation sites excluding steroid dienone is 6. The Morgan fingerprint density at radius 1 is 1.08 bits per heavy atom. The van der Waals surface area contributed by atoms with Crippen LogP contribution < -0.4 is 9.80 Å². The lowest BCUT2D eigenvalue weighted by Gasteiger charge is -2.38. The third-order valence-corrected chi connectivity index (χ3v) is 7.26. The lowest BCUT2D eigenvalue weighted by molar-refractivity contribution is 0.122. The fourth-order valence-corrected chi connectivity index (χ4v) is 5.37. The summed E-state index contributed by atoms with van der Waals surface area (Å²) in [5.74, 6) is 2.16. The molecule has 194 valence electrons. The van der Waals surface area contributed by atoms with Gasteiger partial charge in [-0.2, -0.15) is 9.61 Å². The van der Waals surface area contributed by atoms with Crippen LogP contribution in [0.5, 0.6) is 0 Å². The van der Waals surface area contributed by atoms with Gasteiger partial charge in [-0.1, -0.05) is 67.6 Å². The fourth-order valence-electron chi connectivity index (χ4n) is 5.37. The molecule has 0 N–H and O–H groups in total. The number of benzene rings is 1. The SMILES string of the molecule is C\C=C/C(=C\C=C\CC)c1cc2nc(N3CCCCC3Cc3ccccc3)cc(N3CCOCC3)n2n1. The summed E-state index contributed by atoms with van der Waals surface area (Å²) in [6, 6.07) is 15.7. The first kappa shape index (κ1) is 25.3. The first-order valence-corrected chi connectivity index (χ1v) is 13.8. The molecule has 0 saturated carbocycles. The predicted octanol–water partition coefficient (Wildman–Crippen LogP) is 6.09. The summed E-state index contributed by atoms with van der Waals surface area (Å²) in [6.45, 7) is 8.42. The Labute approximate surface area is 221 Å². The molecule has 0 spiro atoms. The van der Waals surface area contributed by atoms with Gasteiger partial charge in [0.1, 0.15) is 11.6 Å². The number of hydrogen-bond acceptors (Lipinski definition) is 5. The molecule has 6 heteroatoms. The summed E-state index contributed by atoms with van der Waals surface area (Å²) >= 11 is 0. The molecule has 1 unspecified atom stereocenters. The van der Waals surface area contributed by atoms with E-state index in [4.69, 9.17) is 14.8 Å². The van der Waals surface area contributed by atoms with E-state index in [-0.39, 0.29) is 0 Å². The Bertz CT molecular complexity index is 1250. The zero-order valence-corrected chi connectivity index (χ0v) is 22.2. The van der Waals surface area contributed by atoms with Gasteiger partial charge in [-0.3, -0.25) is 0 Å². The number of rotatable bonds is 8. The average molecular weight is 498 g/mol. The molecule has 2 aliphatic rings. The summed E-state index contributed by atoms with van der Waals surface area (Å²) in [7, 11) is 0. The highest BCUT2D eigenvalue weighted by Gasteiger charge is 2.26. The maximum atomic E-state index is 5.67. The third kappa shape index (κ3) is 5.96. The van der Waals surface area contributed by atoms with E-state index < -0.39 is 0 Å². The van der Waals surface area contributed by atoms with E-state index in [1.807, 2.05) is 11.4 Å². The number of morpholine rings is 1. The van der Waals surface area contributed by atoms with Crippen LogP contribution in [0.25, 0.3) is 11.2 Å². The van der Waals surface area contributed by atoms with Crippen molar-refractivity contribution in [2.45, 2.75) is 52.0 Å². The van der Waals surface area contributed by atoms with Crippen molar-refractivity contribution < 1.29 is 4.74 Å². The van der Waals surface area contributed by atoms with E-state index in [0.29, 0.717) is 6.04 Å². The Kier molecular flexibility index (Phi) is 8.36. The van der Waals surface area contributed by atoms with E-state index in [0.717, 1.165) is 74.2 Å². The second-order valence-electron chi connectivity index (χ2n) is 9.86. The zero-order valence-electron chi connectivity index (χ0n) is 22.2. The van der Waals surface area contributed by atoms with E-state index in [2.05, 4.69) is 89.6 Å². The van der Waals surface area contributed by atoms with Gasteiger partial charge >= 0.3 is 0 Å². The van der Waals surface area contributed by atoms with E-state index in [9.17, 15) is 0 Å². The van der Waals surface area contributed by atoms with Crippen molar-refractivity contribution in [3.05, 3.63) is 84.1 Å². The van der Waals surface area contributed by atoms with Crippen molar-refractivity contribution in [3.8, 4) is 0 Å². The molecule has 6 nitrogen and oxygen atoms in total. The number of ether oxygens (including phenoxy) is 1. The van der Waals surface area contributed by atoms with Crippen molar-refractivity contribution in [3.63, 3.8) is 0 Å². The molecule has 0 bridgehead atoms. The number of piperidine rings is 1. The van der Waals surface area contributed by atoms with Gasteiger partial charge in [0.15, 0.2) is 5.65 Å². The Morgan fingerprint density at radius 3 is 2.70 bits per heavy atom. The van der Waals surface area contributed by atoms with Crippen molar-refractivity contribution in [1.29, 1.82) is 0 Å². The minimum Gasteiger partial charge on any atom is -0.378 e. The molecule has 0 aliphatic carbocycles. The molecule has 2 saturated heterocycles. The first-order chi connectivity index (χ1) is 18.3. The highest BCUT2D eigenvalue weighted by atomic mass is 16.5. The molecule has 5 rings (SSSR count). The highest BCUT2D eigenvalue weighted by Crippen LogP contribution is 2.31. The molecule has 4 heterocycles. The molecular weight excluding hydrogens is 458 g/mol. The van der Waals surface area contributed by atoms with E-state index in [1.165, 1.54) is 24.8 Å². The number of nitrogens with zero attached hydrogens (tertiary/aromatic N) is 5. The molecular formula is C31H39N5O. The van der Waals surface area contributed by atoms with Crippen LogP contribution in [0.4, 0.5) is 11.6 Å². The summed E-state index contributed by atoms with van der Waals surface area (Å²) in [6.07, 6.45) is 16.3. The van der Waals surface area contributed by atoms with Gasteiger partial charge in [-0.05, 0) is 44.6 Å². The van der Waals surface area contributed by atoms with Crippen LogP contribution in [0.1, 0.15) is 50.8 Å². The fraction of sp³-hybridized carbons (Fsp3) is 0.419. The first-order valence-electron chi connectivity index (χ1n) is 13.8. The smallest absolute Gasteiger partial charge is 0.160 e. The van der Waals surface area contributed by atoms with Crippen molar-refractivity contribution in [1.82, 2.24) is 14.6 Å². The van der Waals surface area contributed by atoms with Gasteiger partial charge < -0.3 is 14.5 Å². The van der Waals surface area contributed by atoms with Crippen LogP contribution >= 0.6 is 0 Å². The maximum absolute atomic E-state index is 5.67. The average Bonchev–Trinajstić information content (AvgIpc) is 3.38. The molecule has 0 radical (unpaired) electrons. The summed E-state index contributed by atoms with van der Waals surface area (Å²) < 4.78 is 7.70. The highest BCUT2D eigenvalue weighted by molar-refractivity contribution is 5.76. The maximum Gasteiger partial charge on any atom is 0.160 e. The molecule has 0 amide bonds. The van der Waals surface area contributed by atoms with Gasteiger partial charge in [0.25, 0.3) is 0 Å². The topological polar surface area (TPSA) is 45.9 Å². The van der Waals surface area contributed by atoms with Crippen molar-refractivity contribution in [2.24, 2.45) is 0 Å². The Balaban J connectivity index is 1.56. The van der Waals surface area contributed by atoms with E-state index >= 15 is 0 Å². The van der Waals surface area contributed by atoms with Crippen LogP contribution in [0, 0.1) is 0 Å². The zero-order chi connectivity index (χ0) is 25.5. The Morgan fingerprint density at radius 2 is 1.92 bits per heavy atom. The lowest BCUT2D eigenvalue weighted by Crippen LogP contribution is -2.42. The standard InChI is InChI=1S/C31H39N5O/c1-3-5-7-15-26(12-4-2)28-23-30-32-29(24-31(36(30)33-28)34-18-20-37-21-19-34)35-17-11-10-16-27(35)22-25-13-8-6-9-14-25/h4-9,12-15,23-24,27H,3,10-11,16-22H2,1-2H3/b7-5+,12-4-,26-15+. The number of aromatic nitrogens is 3. The van der Waals surface area contributed by atoms with Crippen molar-refractivity contribution in [2.75, 3.05) is 42.6 Å². The van der Waals surface area contributed by atoms with Crippen LogP contribution in [0.15, 0.2) is 72.8 Å². The van der Waals surface area contributed by atoms with Crippen LogP contribution in [-0.2, 0) is 11.2 Å². The van der Waals surface area contributed by atoms with Crippen molar-refractivity contribution >= 4 is 22.9 Å². The second-order valence-corrected chi connectivity index (χ2v) is 9.86. The van der Waals surface area contributed by atoms with Gasteiger partial charge in [0.2, 0.25) is 0 Å². The number of anilines is 2. The lowest BCUT2D eigenvalue weighted by atomic mass is 9.95. The van der Waals surface area contributed by atoms with Gasteiger partial charge in [0.05, 0.1) is 18.9 Å². The molecule has 1 aromatic carbocycles. The summed E-state index contributed by atoms with van der Waals surface area (Å²) in [4.78, 5) is 10.1. The van der Waals surface area contributed by atoms with Gasteiger partial charge in [0, 0.05) is 43.4 Å². The predicted molar refractivity (Wildman–Crippen MR) is 153 cm³/mol. The summed E-state index contributed by atoms with van der Waals surface area (Å²) in [5.41, 5.74) is 4.32. The minimum atomic E-state index is 0.448. The molecule has 2 aromatic heterocycles. The largest absolute Gasteiger partial charge is 0.378 e. The number of hydrogen-bond donors (Lipinski definition) is 0. The minimum absolute atomic E-state index is 0.448. The molecule has 37 heavy (non-hydrogen) atoms. The number of fused-ring (bicyclic) bond motifs is 1. The van der Waals surface area contributed by atoms with E-state index in [1.54, 1.807) is 0 Å². The monoisotopic (exact) mass is 497 g/mol. The van der Waals surface area contributed by atoms with Crippen LogP contribution in [0.3, 0.4) is 0 Å². The van der Waals surface area contributed by atoms with Crippen LogP contribution in [0.2, 0.25) is 0 Å². The third-order valence-electron chi connectivity index (χ3n) is 7.26. The quantitative estimate of drug-likeness (QED) is 0.352. The normalized spacial score (nSPS) is 19.5. The van der Waals surface area contributed by atoms with Gasteiger partial charge in [-0.25, -0.2) is 4.98 Å². The molecule has 1 atom stereocenters.